The molecule has 0 N–H and O–H groups in total. The van der Waals surface area contributed by atoms with Gasteiger partial charge >= 0.3 is 0 Å². The van der Waals surface area contributed by atoms with Gasteiger partial charge in [0.05, 0.1) is 26.2 Å². The van der Waals surface area contributed by atoms with Gasteiger partial charge in [-0.05, 0) is 6.92 Å². The van der Waals surface area contributed by atoms with E-state index < -0.39 is 6.29 Å². The maximum absolute atomic E-state index is 11.8. The number of carbonyl (C=O) groups excluding carboxylic acids is 1. The van der Waals surface area contributed by atoms with Gasteiger partial charge in [-0.25, -0.2) is 0 Å². The SMILES string of the molecule is Cc1noc(CN(C)C(=O)CC2OCCO2)n1. The van der Waals surface area contributed by atoms with E-state index in [4.69, 9.17) is 14.0 Å². The molecule has 17 heavy (non-hydrogen) atoms. The number of rotatable bonds is 4. The second-order valence-corrected chi connectivity index (χ2v) is 3.86. The molecule has 0 radical (unpaired) electrons. The van der Waals surface area contributed by atoms with Crippen molar-refractivity contribution < 1.29 is 18.8 Å². The Balaban J connectivity index is 1.82. The number of hydrogen-bond acceptors (Lipinski definition) is 6. The van der Waals surface area contributed by atoms with E-state index in [2.05, 4.69) is 10.1 Å². The van der Waals surface area contributed by atoms with Crippen LogP contribution in [0.4, 0.5) is 0 Å². The van der Waals surface area contributed by atoms with Crippen LogP contribution in [0, 0.1) is 6.92 Å². The molecule has 0 aliphatic carbocycles. The molecule has 1 saturated heterocycles. The molecule has 1 aromatic heterocycles. The number of aryl methyl sites for hydroxylation is 1. The summed E-state index contributed by atoms with van der Waals surface area (Å²) in [7, 11) is 1.68. The quantitative estimate of drug-likeness (QED) is 0.744. The molecule has 2 heterocycles. The van der Waals surface area contributed by atoms with Crippen LogP contribution in [0.1, 0.15) is 18.1 Å². The first kappa shape index (κ1) is 12.0. The molecule has 0 aromatic carbocycles. The number of hydrogen-bond donors (Lipinski definition) is 0. The Hall–Kier alpha value is -1.47. The van der Waals surface area contributed by atoms with Gasteiger partial charge in [-0.1, -0.05) is 5.16 Å². The first-order valence-electron chi connectivity index (χ1n) is 5.41. The van der Waals surface area contributed by atoms with Crippen LogP contribution in [0.2, 0.25) is 0 Å². The highest BCUT2D eigenvalue weighted by atomic mass is 16.7. The summed E-state index contributed by atoms with van der Waals surface area (Å²) in [5.74, 6) is 0.905. The van der Waals surface area contributed by atoms with E-state index in [0.717, 1.165) is 0 Å². The number of carbonyl (C=O) groups is 1. The zero-order valence-electron chi connectivity index (χ0n) is 9.88. The lowest BCUT2D eigenvalue weighted by molar-refractivity contribution is -0.139. The minimum Gasteiger partial charge on any atom is -0.350 e. The van der Waals surface area contributed by atoms with Gasteiger partial charge in [-0.3, -0.25) is 4.79 Å². The van der Waals surface area contributed by atoms with Gasteiger partial charge in [0.25, 0.3) is 0 Å². The lowest BCUT2D eigenvalue weighted by atomic mass is 10.3. The van der Waals surface area contributed by atoms with E-state index >= 15 is 0 Å². The number of aromatic nitrogens is 2. The van der Waals surface area contributed by atoms with E-state index in [1.165, 1.54) is 4.90 Å². The second kappa shape index (κ2) is 5.24. The fraction of sp³-hybridized carbons (Fsp3) is 0.700. The van der Waals surface area contributed by atoms with Crippen LogP contribution in [0.3, 0.4) is 0 Å². The van der Waals surface area contributed by atoms with Crippen LogP contribution in [0.25, 0.3) is 0 Å². The van der Waals surface area contributed by atoms with Crippen molar-refractivity contribution in [3.8, 4) is 0 Å². The Morgan fingerprint density at radius 3 is 2.76 bits per heavy atom. The first-order chi connectivity index (χ1) is 8.15. The minimum absolute atomic E-state index is 0.0762. The van der Waals surface area contributed by atoms with Gasteiger partial charge in [-0.2, -0.15) is 4.98 Å². The molecule has 0 saturated carbocycles. The normalized spacial score (nSPS) is 16.4. The largest absolute Gasteiger partial charge is 0.350 e. The Kier molecular flexibility index (Phi) is 3.70. The van der Waals surface area contributed by atoms with Crippen molar-refractivity contribution in [2.24, 2.45) is 0 Å². The number of ether oxygens (including phenoxy) is 2. The summed E-state index contributed by atoms with van der Waals surface area (Å²) in [4.78, 5) is 17.3. The monoisotopic (exact) mass is 241 g/mol. The summed E-state index contributed by atoms with van der Waals surface area (Å²) in [5, 5.41) is 3.66. The van der Waals surface area contributed by atoms with Gasteiger partial charge < -0.3 is 18.9 Å². The van der Waals surface area contributed by atoms with Crippen molar-refractivity contribution in [1.82, 2.24) is 15.0 Å². The molecule has 0 bridgehead atoms. The van der Waals surface area contributed by atoms with E-state index in [9.17, 15) is 4.79 Å². The zero-order valence-corrected chi connectivity index (χ0v) is 9.88. The van der Waals surface area contributed by atoms with E-state index in [0.29, 0.717) is 31.5 Å². The molecule has 1 aliphatic heterocycles. The van der Waals surface area contributed by atoms with Crippen molar-refractivity contribution in [2.45, 2.75) is 26.2 Å². The molecule has 7 heteroatoms. The highest BCUT2D eigenvalue weighted by Gasteiger charge is 2.22. The first-order valence-corrected chi connectivity index (χ1v) is 5.41. The van der Waals surface area contributed by atoms with Crippen molar-refractivity contribution in [1.29, 1.82) is 0 Å². The number of amides is 1. The molecule has 1 fully saturated rings. The van der Waals surface area contributed by atoms with Crippen molar-refractivity contribution >= 4 is 5.91 Å². The second-order valence-electron chi connectivity index (χ2n) is 3.86. The molecule has 0 spiro atoms. The van der Waals surface area contributed by atoms with Crippen LogP contribution >= 0.6 is 0 Å². The maximum Gasteiger partial charge on any atom is 0.246 e. The average molecular weight is 241 g/mol. The maximum atomic E-state index is 11.8. The molecule has 1 aliphatic rings. The van der Waals surface area contributed by atoms with Gasteiger partial charge in [0.2, 0.25) is 11.8 Å². The predicted octanol–water partition coefficient (Wildman–Crippen LogP) is 0.0994. The van der Waals surface area contributed by atoms with Crippen molar-refractivity contribution in [3.05, 3.63) is 11.7 Å². The molecule has 1 amide bonds. The Morgan fingerprint density at radius 1 is 1.47 bits per heavy atom. The Morgan fingerprint density at radius 2 is 2.18 bits per heavy atom. The third kappa shape index (κ3) is 3.24. The van der Waals surface area contributed by atoms with Gasteiger partial charge in [0, 0.05) is 7.05 Å². The van der Waals surface area contributed by atoms with E-state index in [1.54, 1.807) is 14.0 Å². The molecule has 0 unspecified atom stereocenters. The van der Waals surface area contributed by atoms with Gasteiger partial charge in [0.15, 0.2) is 12.1 Å². The molecule has 2 rings (SSSR count). The van der Waals surface area contributed by atoms with Crippen LogP contribution in [0.5, 0.6) is 0 Å². The molecule has 0 atom stereocenters. The summed E-state index contributed by atoms with van der Waals surface area (Å²) in [6.07, 6.45) is -0.210. The molecular weight excluding hydrogens is 226 g/mol. The van der Waals surface area contributed by atoms with E-state index in [-0.39, 0.29) is 12.3 Å². The van der Waals surface area contributed by atoms with Crippen molar-refractivity contribution in [2.75, 3.05) is 20.3 Å². The summed E-state index contributed by atoms with van der Waals surface area (Å²) >= 11 is 0. The lowest BCUT2D eigenvalue weighted by Gasteiger charge is -2.16. The van der Waals surface area contributed by atoms with Crippen molar-refractivity contribution in [3.63, 3.8) is 0 Å². The number of nitrogens with zero attached hydrogens (tertiary/aromatic N) is 3. The fourth-order valence-corrected chi connectivity index (χ4v) is 1.52. The fourth-order valence-electron chi connectivity index (χ4n) is 1.52. The highest BCUT2D eigenvalue weighted by Crippen LogP contribution is 2.10. The average Bonchev–Trinajstić information content (AvgIpc) is 2.90. The summed E-state index contributed by atoms with van der Waals surface area (Å²) in [5.41, 5.74) is 0. The molecule has 7 nitrogen and oxygen atoms in total. The zero-order chi connectivity index (χ0) is 12.3. The third-order valence-electron chi connectivity index (χ3n) is 2.40. The highest BCUT2D eigenvalue weighted by molar-refractivity contribution is 5.76. The Bertz CT molecular complexity index is 387. The standard InChI is InChI=1S/C10H15N3O4/c1-7-11-8(17-12-7)6-13(2)9(14)5-10-15-3-4-16-10/h10H,3-6H2,1-2H3. The summed E-state index contributed by atoms with van der Waals surface area (Å²) in [6.45, 7) is 3.12. The summed E-state index contributed by atoms with van der Waals surface area (Å²) in [6, 6.07) is 0. The minimum atomic E-state index is -0.422. The van der Waals surface area contributed by atoms with Crippen LogP contribution in [-0.4, -0.2) is 47.5 Å². The Labute approximate surface area is 98.7 Å². The third-order valence-corrected chi connectivity index (χ3v) is 2.40. The molecule has 94 valence electrons. The molecular formula is C10H15N3O4. The molecule has 1 aromatic rings. The smallest absolute Gasteiger partial charge is 0.246 e. The van der Waals surface area contributed by atoms with Crippen LogP contribution in [0.15, 0.2) is 4.52 Å². The van der Waals surface area contributed by atoms with Crippen LogP contribution < -0.4 is 0 Å². The van der Waals surface area contributed by atoms with Crippen LogP contribution in [-0.2, 0) is 20.8 Å². The topological polar surface area (TPSA) is 77.7 Å². The van der Waals surface area contributed by atoms with Gasteiger partial charge in [-0.15, -0.1) is 0 Å². The van der Waals surface area contributed by atoms with E-state index in [1.807, 2.05) is 0 Å². The van der Waals surface area contributed by atoms with Gasteiger partial charge in [0.1, 0.15) is 0 Å². The summed E-state index contributed by atoms with van der Waals surface area (Å²) < 4.78 is 15.4. The predicted molar refractivity (Wildman–Crippen MR) is 55.8 cm³/mol. The lowest BCUT2D eigenvalue weighted by Crippen LogP contribution is -2.30.